The van der Waals surface area contributed by atoms with Crippen molar-refractivity contribution in [1.82, 2.24) is 20.3 Å². The number of aliphatic imine (C=N–C) groups is 1. The van der Waals surface area contributed by atoms with Crippen LogP contribution in [0.5, 0.6) is 5.75 Å². The van der Waals surface area contributed by atoms with Gasteiger partial charge in [-0.1, -0.05) is 50.3 Å². The molecule has 0 saturated carbocycles. The molecule has 1 amide bonds. The summed E-state index contributed by atoms with van der Waals surface area (Å²) in [5, 5.41) is 22.4. The first kappa shape index (κ1) is 24.5. The summed E-state index contributed by atoms with van der Waals surface area (Å²) >= 11 is 0. The highest BCUT2D eigenvalue weighted by Crippen LogP contribution is 2.28. The number of nitrogens with one attached hydrogen (secondary N) is 1. The van der Waals surface area contributed by atoms with Gasteiger partial charge in [0, 0.05) is 17.8 Å². The van der Waals surface area contributed by atoms with Crippen molar-refractivity contribution >= 4 is 22.7 Å². The van der Waals surface area contributed by atoms with Crippen molar-refractivity contribution < 1.29 is 9.90 Å². The number of aryl methyl sites for hydroxylation is 1. The van der Waals surface area contributed by atoms with Crippen molar-refractivity contribution in [3.63, 3.8) is 0 Å². The van der Waals surface area contributed by atoms with Gasteiger partial charge in [0.2, 0.25) is 5.91 Å². The molecule has 7 nitrogen and oxygen atoms in total. The monoisotopic (exact) mass is 433 g/mol. The molecule has 0 bridgehead atoms. The second-order valence-electron chi connectivity index (χ2n) is 6.89. The van der Waals surface area contributed by atoms with Crippen molar-refractivity contribution in [1.29, 1.82) is 0 Å². The number of aromatic hydroxyl groups is 1. The number of fused-ring (bicyclic) bond motifs is 1. The Balaban J connectivity index is 0.00000176. The zero-order chi connectivity index (χ0) is 23.5. The molecule has 0 radical (unpaired) electrons. The molecule has 1 aromatic heterocycles. The van der Waals surface area contributed by atoms with Crippen LogP contribution in [0, 0.1) is 6.92 Å². The third kappa shape index (κ3) is 6.63. The van der Waals surface area contributed by atoms with Gasteiger partial charge in [0.1, 0.15) is 29.0 Å². The van der Waals surface area contributed by atoms with Gasteiger partial charge in [0.05, 0.1) is 0 Å². The molecular weight excluding hydrogens is 402 g/mol. The van der Waals surface area contributed by atoms with Crippen LogP contribution in [0.15, 0.2) is 65.7 Å². The number of carbonyl (C=O) groups is 1. The minimum Gasteiger partial charge on any atom is -0.505 e. The third-order valence-corrected chi connectivity index (χ3v) is 4.40. The molecule has 2 N–H and O–H groups in total. The summed E-state index contributed by atoms with van der Waals surface area (Å²) in [6.07, 6.45) is 7.53. The molecule has 0 aliphatic rings. The Morgan fingerprint density at radius 3 is 2.44 bits per heavy atom. The Bertz CT molecular complexity index is 1110. The third-order valence-electron chi connectivity index (χ3n) is 4.40. The van der Waals surface area contributed by atoms with E-state index in [-0.39, 0.29) is 24.7 Å². The van der Waals surface area contributed by atoms with Crippen LogP contribution in [-0.2, 0) is 11.3 Å². The van der Waals surface area contributed by atoms with Crippen molar-refractivity contribution in [3.8, 4) is 11.4 Å². The van der Waals surface area contributed by atoms with Crippen LogP contribution in [-0.4, -0.2) is 38.3 Å². The molecule has 0 fully saturated rings. The van der Waals surface area contributed by atoms with E-state index in [0.717, 1.165) is 22.3 Å². The number of aromatic nitrogens is 3. The number of allylic oxidation sites excluding steroid dienone is 4. The first-order chi connectivity index (χ1) is 15.5. The summed E-state index contributed by atoms with van der Waals surface area (Å²) in [5.41, 5.74) is 4.24. The summed E-state index contributed by atoms with van der Waals surface area (Å²) in [6.45, 7) is 9.90. The minimum atomic E-state index is -0.223. The van der Waals surface area contributed by atoms with Crippen LogP contribution < -0.4 is 5.32 Å². The molecule has 1 heterocycles. The SMILES string of the molecule is C/C=C\C=C/C(C)=NCC(=O)NCc1cc(C)cc(-n2nc3ccccc3n2)c1O.CC. The molecule has 168 valence electrons. The van der Waals surface area contributed by atoms with Gasteiger partial charge in [0.15, 0.2) is 0 Å². The Kier molecular flexibility index (Phi) is 9.35. The zero-order valence-electron chi connectivity index (χ0n) is 19.3. The number of hydrogen-bond acceptors (Lipinski definition) is 5. The van der Waals surface area contributed by atoms with E-state index in [9.17, 15) is 9.90 Å². The standard InChI is InChI=1S/C23H25N5O2.C2H6/c1-4-5-6-9-17(3)24-15-22(29)25-14-18-12-16(2)13-21(23(18)30)28-26-19-10-7-8-11-20(19)27-28;1-2/h4-13,30H,14-15H2,1-3H3,(H,25,29);1-2H3/b5-4-,9-6-,24-17?;. The van der Waals surface area contributed by atoms with E-state index in [1.807, 2.05) is 95.3 Å². The number of phenols is 1. The van der Waals surface area contributed by atoms with Crippen LogP contribution in [0.4, 0.5) is 0 Å². The Morgan fingerprint density at radius 2 is 1.81 bits per heavy atom. The lowest BCUT2D eigenvalue weighted by atomic mass is 10.1. The van der Waals surface area contributed by atoms with Gasteiger partial charge in [-0.15, -0.1) is 15.0 Å². The van der Waals surface area contributed by atoms with Gasteiger partial charge in [-0.3, -0.25) is 9.79 Å². The van der Waals surface area contributed by atoms with E-state index in [1.54, 1.807) is 0 Å². The molecule has 3 rings (SSSR count). The van der Waals surface area contributed by atoms with E-state index in [1.165, 1.54) is 4.80 Å². The zero-order valence-corrected chi connectivity index (χ0v) is 19.3. The maximum Gasteiger partial charge on any atom is 0.241 e. The van der Waals surface area contributed by atoms with E-state index in [4.69, 9.17) is 0 Å². The van der Waals surface area contributed by atoms with E-state index >= 15 is 0 Å². The summed E-state index contributed by atoms with van der Waals surface area (Å²) in [4.78, 5) is 17.8. The number of rotatable bonds is 7. The van der Waals surface area contributed by atoms with Crippen molar-refractivity contribution in [2.75, 3.05) is 6.54 Å². The predicted octanol–water partition coefficient (Wildman–Crippen LogP) is 4.67. The highest BCUT2D eigenvalue weighted by Gasteiger charge is 2.14. The van der Waals surface area contributed by atoms with Gasteiger partial charge < -0.3 is 10.4 Å². The lowest BCUT2D eigenvalue weighted by Crippen LogP contribution is -2.25. The lowest BCUT2D eigenvalue weighted by Gasteiger charge is -2.11. The molecule has 0 spiro atoms. The van der Waals surface area contributed by atoms with Crippen LogP contribution >= 0.6 is 0 Å². The van der Waals surface area contributed by atoms with Gasteiger partial charge in [-0.2, -0.15) is 0 Å². The largest absolute Gasteiger partial charge is 0.505 e. The highest BCUT2D eigenvalue weighted by molar-refractivity contribution is 5.94. The number of hydrogen-bond donors (Lipinski definition) is 2. The van der Waals surface area contributed by atoms with Crippen molar-refractivity contribution in [3.05, 3.63) is 71.8 Å². The van der Waals surface area contributed by atoms with Gasteiger partial charge in [-0.05, 0) is 50.6 Å². The fraction of sp³-hybridized carbons (Fsp3) is 0.280. The molecule has 0 atom stereocenters. The number of nitrogens with zero attached hydrogens (tertiary/aromatic N) is 4. The lowest BCUT2D eigenvalue weighted by molar-refractivity contribution is -0.119. The molecule has 3 aromatic rings. The molecule has 0 aliphatic heterocycles. The first-order valence-electron chi connectivity index (χ1n) is 10.7. The molecule has 7 heteroatoms. The smallest absolute Gasteiger partial charge is 0.241 e. The summed E-state index contributed by atoms with van der Waals surface area (Å²) in [7, 11) is 0. The number of phenolic OH excluding ortho intramolecular Hbond substituents is 1. The van der Waals surface area contributed by atoms with Gasteiger partial charge >= 0.3 is 0 Å². The van der Waals surface area contributed by atoms with E-state index in [0.29, 0.717) is 11.3 Å². The van der Waals surface area contributed by atoms with Gasteiger partial charge in [0.25, 0.3) is 0 Å². The van der Waals surface area contributed by atoms with E-state index in [2.05, 4.69) is 20.5 Å². The van der Waals surface area contributed by atoms with Crippen LogP contribution in [0.3, 0.4) is 0 Å². The summed E-state index contributed by atoms with van der Waals surface area (Å²) in [5.74, 6) is -0.186. The number of carbonyl (C=O) groups excluding carboxylic acids is 1. The second-order valence-corrected chi connectivity index (χ2v) is 6.89. The van der Waals surface area contributed by atoms with E-state index < -0.39 is 0 Å². The molecule has 0 unspecified atom stereocenters. The topological polar surface area (TPSA) is 92.4 Å². The van der Waals surface area contributed by atoms with Crippen LogP contribution in [0.1, 0.15) is 38.8 Å². The molecule has 0 saturated heterocycles. The van der Waals surface area contributed by atoms with Crippen molar-refractivity contribution in [2.45, 2.75) is 41.2 Å². The second kappa shape index (κ2) is 12.2. The Morgan fingerprint density at radius 1 is 1.16 bits per heavy atom. The Labute approximate surface area is 189 Å². The van der Waals surface area contributed by atoms with Crippen molar-refractivity contribution in [2.24, 2.45) is 4.99 Å². The predicted molar refractivity (Wildman–Crippen MR) is 130 cm³/mol. The summed E-state index contributed by atoms with van der Waals surface area (Å²) in [6, 6.07) is 11.1. The fourth-order valence-corrected chi connectivity index (χ4v) is 2.89. The highest BCUT2D eigenvalue weighted by atomic mass is 16.3. The average molecular weight is 434 g/mol. The minimum absolute atomic E-state index is 0.0253. The number of amides is 1. The molecule has 2 aromatic carbocycles. The first-order valence-corrected chi connectivity index (χ1v) is 10.7. The molecule has 32 heavy (non-hydrogen) atoms. The molecule has 0 aliphatic carbocycles. The van der Waals surface area contributed by atoms with Gasteiger partial charge in [-0.25, -0.2) is 0 Å². The Hall–Kier alpha value is -3.74. The normalized spacial score (nSPS) is 11.7. The van der Waals surface area contributed by atoms with Crippen LogP contribution in [0.25, 0.3) is 16.7 Å². The summed E-state index contributed by atoms with van der Waals surface area (Å²) < 4.78 is 0. The fourth-order valence-electron chi connectivity index (χ4n) is 2.89. The quantitative estimate of drug-likeness (QED) is 0.418. The maximum atomic E-state index is 12.2. The maximum absolute atomic E-state index is 12.2. The molecular formula is C25H31N5O2. The van der Waals surface area contributed by atoms with Crippen LogP contribution in [0.2, 0.25) is 0 Å². The average Bonchev–Trinajstić information content (AvgIpc) is 3.23. The number of benzene rings is 2.